The van der Waals surface area contributed by atoms with Gasteiger partial charge in [0.25, 0.3) is 5.91 Å². The minimum absolute atomic E-state index is 0.0921. The molecule has 0 radical (unpaired) electrons. The first-order valence-electron chi connectivity index (χ1n) is 9.35. The maximum absolute atomic E-state index is 13.0. The topological polar surface area (TPSA) is 68.3 Å². The molecule has 1 amide bonds. The molecule has 0 atom stereocenters. The van der Waals surface area contributed by atoms with Crippen LogP contribution in [-0.4, -0.2) is 74.2 Å². The van der Waals surface area contributed by atoms with Crippen LogP contribution in [0, 0.1) is 0 Å². The minimum Gasteiger partial charge on any atom is -0.489 e. The standard InChI is InChI=1S/C19H25ClN2O5/c1-2-25-17(23)13-21-5-3-6-22(8-7-21)19(24)14-11-15(20)18-16(12-14)26-9-4-10-27-18/h11-12H,2-10,13H2,1H3. The average Bonchev–Trinajstić information content (AvgIpc) is 3.02. The number of benzene rings is 1. The number of hydrogen-bond acceptors (Lipinski definition) is 6. The highest BCUT2D eigenvalue weighted by Gasteiger charge is 2.24. The van der Waals surface area contributed by atoms with Crippen molar-refractivity contribution in [3.63, 3.8) is 0 Å². The van der Waals surface area contributed by atoms with Gasteiger partial charge in [-0.25, -0.2) is 0 Å². The van der Waals surface area contributed by atoms with Crippen LogP contribution in [-0.2, 0) is 9.53 Å². The number of halogens is 1. The normalized spacial score (nSPS) is 17.8. The number of esters is 1. The molecule has 0 spiro atoms. The molecule has 2 aliphatic rings. The van der Waals surface area contributed by atoms with Gasteiger partial charge in [0.05, 0.1) is 31.4 Å². The first kappa shape index (κ1) is 19.8. The van der Waals surface area contributed by atoms with Gasteiger partial charge in [-0.15, -0.1) is 0 Å². The van der Waals surface area contributed by atoms with Crippen LogP contribution in [0.2, 0.25) is 5.02 Å². The van der Waals surface area contributed by atoms with E-state index in [4.69, 9.17) is 25.8 Å². The molecule has 0 aromatic heterocycles. The van der Waals surface area contributed by atoms with Crippen LogP contribution in [0.15, 0.2) is 12.1 Å². The summed E-state index contributed by atoms with van der Waals surface area (Å²) in [7, 11) is 0. The Balaban J connectivity index is 1.66. The van der Waals surface area contributed by atoms with E-state index in [0.717, 1.165) is 19.4 Å². The summed E-state index contributed by atoms with van der Waals surface area (Å²) in [5, 5.41) is 0.386. The molecule has 0 saturated carbocycles. The third-order valence-electron chi connectivity index (χ3n) is 4.58. The van der Waals surface area contributed by atoms with Crippen molar-refractivity contribution in [3.8, 4) is 11.5 Å². The number of amides is 1. The number of fused-ring (bicyclic) bond motifs is 1. The summed E-state index contributed by atoms with van der Waals surface area (Å²) in [4.78, 5) is 28.5. The Kier molecular flexibility index (Phi) is 6.79. The number of hydrogen-bond donors (Lipinski definition) is 0. The van der Waals surface area contributed by atoms with Gasteiger partial charge >= 0.3 is 5.97 Å². The Morgan fingerprint density at radius 3 is 2.74 bits per heavy atom. The molecule has 27 heavy (non-hydrogen) atoms. The molecule has 1 saturated heterocycles. The zero-order valence-electron chi connectivity index (χ0n) is 15.5. The van der Waals surface area contributed by atoms with E-state index in [0.29, 0.717) is 61.5 Å². The van der Waals surface area contributed by atoms with Crippen molar-refractivity contribution < 1.29 is 23.8 Å². The molecule has 3 rings (SSSR count). The second-order valence-corrected chi connectivity index (χ2v) is 6.97. The van der Waals surface area contributed by atoms with Crippen molar-refractivity contribution in [2.24, 2.45) is 0 Å². The third kappa shape index (κ3) is 5.05. The van der Waals surface area contributed by atoms with E-state index in [-0.39, 0.29) is 18.4 Å². The Morgan fingerprint density at radius 2 is 1.93 bits per heavy atom. The maximum Gasteiger partial charge on any atom is 0.320 e. The molecule has 0 N–H and O–H groups in total. The molecule has 1 aromatic carbocycles. The number of nitrogens with zero attached hydrogens (tertiary/aromatic N) is 2. The highest BCUT2D eigenvalue weighted by atomic mass is 35.5. The summed E-state index contributed by atoms with van der Waals surface area (Å²) in [6.45, 7) is 6.06. The number of carbonyl (C=O) groups excluding carboxylic acids is 2. The molecular formula is C19H25ClN2O5. The fourth-order valence-electron chi connectivity index (χ4n) is 3.26. The lowest BCUT2D eigenvalue weighted by molar-refractivity contribution is -0.144. The Morgan fingerprint density at radius 1 is 1.11 bits per heavy atom. The van der Waals surface area contributed by atoms with Crippen molar-refractivity contribution in [3.05, 3.63) is 22.7 Å². The van der Waals surface area contributed by atoms with Gasteiger partial charge in [-0.3, -0.25) is 14.5 Å². The van der Waals surface area contributed by atoms with Crippen LogP contribution < -0.4 is 9.47 Å². The van der Waals surface area contributed by atoms with E-state index in [2.05, 4.69) is 0 Å². The van der Waals surface area contributed by atoms with Crippen LogP contribution in [0.25, 0.3) is 0 Å². The van der Waals surface area contributed by atoms with Crippen molar-refractivity contribution in [1.82, 2.24) is 9.80 Å². The molecule has 8 heteroatoms. The van der Waals surface area contributed by atoms with Crippen molar-refractivity contribution in [1.29, 1.82) is 0 Å². The van der Waals surface area contributed by atoms with Gasteiger partial charge in [0.1, 0.15) is 0 Å². The molecule has 148 valence electrons. The minimum atomic E-state index is -0.230. The zero-order valence-corrected chi connectivity index (χ0v) is 16.3. The molecule has 0 unspecified atom stereocenters. The molecule has 2 heterocycles. The van der Waals surface area contributed by atoms with Crippen LogP contribution in [0.1, 0.15) is 30.1 Å². The van der Waals surface area contributed by atoms with Crippen LogP contribution >= 0.6 is 11.6 Å². The van der Waals surface area contributed by atoms with Crippen molar-refractivity contribution >= 4 is 23.5 Å². The third-order valence-corrected chi connectivity index (χ3v) is 4.86. The zero-order chi connectivity index (χ0) is 19.2. The lowest BCUT2D eigenvalue weighted by Gasteiger charge is -2.22. The Hall–Kier alpha value is -1.99. The number of rotatable bonds is 4. The van der Waals surface area contributed by atoms with E-state index in [1.165, 1.54) is 0 Å². The Labute approximate surface area is 164 Å². The highest BCUT2D eigenvalue weighted by Crippen LogP contribution is 2.38. The second-order valence-electron chi connectivity index (χ2n) is 6.56. The number of carbonyl (C=O) groups is 2. The largest absolute Gasteiger partial charge is 0.489 e. The maximum atomic E-state index is 13.0. The van der Waals surface area contributed by atoms with Gasteiger partial charge in [-0.1, -0.05) is 11.6 Å². The quantitative estimate of drug-likeness (QED) is 0.727. The molecule has 1 fully saturated rings. The van der Waals surface area contributed by atoms with Gasteiger partial charge < -0.3 is 19.1 Å². The van der Waals surface area contributed by atoms with E-state index < -0.39 is 0 Å². The highest BCUT2D eigenvalue weighted by molar-refractivity contribution is 6.32. The summed E-state index contributed by atoms with van der Waals surface area (Å²) in [6, 6.07) is 3.34. The lowest BCUT2D eigenvalue weighted by atomic mass is 10.1. The fraction of sp³-hybridized carbons (Fsp3) is 0.579. The second kappa shape index (κ2) is 9.28. The van der Waals surface area contributed by atoms with Gasteiger partial charge in [0.15, 0.2) is 11.5 Å². The predicted octanol–water partition coefficient (Wildman–Crippen LogP) is 2.21. The van der Waals surface area contributed by atoms with E-state index in [1.54, 1.807) is 24.0 Å². The molecule has 2 aliphatic heterocycles. The first-order chi connectivity index (χ1) is 13.1. The van der Waals surface area contributed by atoms with Crippen molar-refractivity contribution in [2.75, 3.05) is 52.5 Å². The molecule has 1 aromatic rings. The van der Waals surface area contributed by atoms with Gasteiger partial charge in [0, 0.05) is 38.2 Å². The lowest BCUT2D eigenvalue weighted by Crippen LogP contribution is -2.37. The Bertz CT molecular complexity index is 697. The van der Waals surface area contributed by atoms with Crippen LogP contribution in [0.3, 0.4) is 0 Å². The summed E-state index contributed by atoms with van der Waals surface area (Å²) in [5.74, 6) is 0.696. The summed E-state index contributed by atoms with van der Waals surface area (Å²) >= 11 is 6.31. The summed E-state index contributed by atoms with van der Waals surface area (Å²) in [5.41, 5.74) is 0.489. The van der Waals surface area contributed by atoms with Gasteiger partial charge in [0.2, 0.25) is 0 Å². The molecular weight excluding hydrogens is 372 g/mol. The van der Waals surface area contributed by atoms with E-state index in [1.807, 2.05) is 4.90 Å². The van der Waals surface area contributed by atoms with E-state index in [9.17, 15) is 9.59 Å². The molecule has 7 nitrogen and oxygen atoms in total. The van der Waals surface area contributed by atoms with Crippen LogP contribution in [0.5, 0.6) is 11.5 Å². The van der Waals surface area contributed by atoms with Crippen molar-refractivity contribution in [2.45, 2.75) is 19.8 Å². The summed E-state index contributed by atoms with van der Waals surface area (Å²) < 4.78 is 16.3. The summed E-state index contributed by atoms with van der Waals surface area (Å²) in [6.07, 6.45) is 1.57. The first-order valence-corrected chi connectivity index (χ1v) is 9.72. The SMILES string of the molecule is CCOC(=O)CN1CCCN(C(=O)c2cc(Cl)c3c(c2)OCCCO3)CC1. The monoisotopic (exact) mass is 396 g/mol. The number of ether oxygens (including phenoxy) is 3. The predicted molar refractivity (Wildman–Crippen MR) is 101 cm³/mol. The van der Waals surface area contributed by atoms with Gasteiger partial charge in [-0.2, -0.15) is 0 Å². The van der Waals surface area contributed by atoms with Gasteiger partial charge in [-0.05, 0) is 25.5 Å². The fourth-order valence-corrected chi connectivity index (χ4v) is 3.52. The van der Waals surface area contributed by atoms with Crippen LogP contribution in [0.4, 0.5) is 0 Å². The van der Waals surface area contributed by atoms with E-state index >= 15 is 0 Å². The smallest absolute Gasteiger partial charge is 0.320 e. The average molecular weight is 397 g/mol. The molecule has 0 aliphatic carbocycles. The molecule has 0 bridgehead atoms.